The van der Waals surface area contributed by atoms with Gasteiger partial charge >= 0.3 is 6.11 Å². The van der Waals surface area contributed by atoms with Crippen molar-refractivity contribution in [1.82, 2.24) is 0 Å². The molecule has 0 saturated heterocycles. The van der Waals surface area contributed by atoms with Crippen molar-refractivity contribution < 1.29 is 31.1 Å². The Morgan fingerprint density at radius 2 is 1.09 bits per heavy atom. The summed E-state index contributed by atoms with van der Waals surface area (Å²) >= 11 is 0. The molecule has 0 atom stereocenters. The van der Waals surface area contributed by atoms with Crippen molar-refractivity contribution in [2.75, 3.05) is 0 Å². The Balaban J connectivity index is 1.27. The molecule has 0 aromatic heterocycles. The van der Waals surface area contributed by atoms with E-state index in [1.54, 1.807) is 60.7 Å². The summed E-state index contributed by atoms with van der Waals surface area (Å²) in [4.78, 5) is 0. The molecule has 0 heterocycles. The Morgan fingerprint density at radius 1 is 0.558 bits per heavy atom. The molecule has 1 nitrogen and oxygen atoms in total. The molecule has 0 N–H and O–H groups in total. The molecule has 0 spiro atoms. The molecule has 0 bridgehead atoms. The summed E-state index contributed by atoms with van der Waals surface area (Å²) in [5.74, 6) is -4.68. The number of ether oxygens (including phenoxy) is 1. The van der Waals surface area contributed by atoms with Gasteiger partial charge in [-0.3, -0.25) is 0 Å². The van der Waals surface area contributed by atoms with Crippen LogP contribution in [0.1, 0.15) is 37.3 Å². The molecule has 0 amide bonds. The highest BCUT2D eigenvalue weighted by Gasteiger charge is 2.34. The van der Waals surface area contributed by atoms with Crippen LogP contribution in [0.5, 0.6) is 5.75 Å². The first-order valence-corrected chi connectivity index (χ1v) is 14.0. The van der Waals surface area contributed by atoms with Crippen molar-refractivity contribution in [3.8, 4) is 39.1 Å². The van der Waals surface area contributed by atoms with Gasteiger partial charge in [-0.2, -0.15) is 8.78 Å². The van der Waals surface area contributed by atoms with Gasteiger partial charge in [0, 0.05) is 5.56 Å². The number of benzene rings is 5. The van der Waals surface area contributed by atoms with Crippen molar-refractivity contribution >= 4 is 0 Å². The first kappa shape index (κ1) is 30.0. The molecule has 43 heavy (non-hydrogen) atoms. The zero-order valence-electron chi connectivity index (χ0n) is 23.3. The third-order valence-corrected chi connectivity index (χ3v) is 7.27. The van der Waals surface area contributed by atoms with Gasteiger partial charge < -0.3 is 4.74 Å². The zero-order valence-corrected chi connectivity index (χ0v) is 23.3. The smallest absolute Gasteiger partial charge is 0.426 e. The van der Waals surface area contributed by atoms with Crippen molar-refractivity contribution in [2.24, 2.45) is 0 Å². The lowest BCUT2D eigenvalue weighted by Gasteiger charge is -2.19. The fraction of sp³-hybridized carbons (Fsp3) is 0.167. The van der Waals surface area contributed by atoms with Crippen LogP contribution in [0.2, 0.25) is 0 Å². The minimum Gasteiger partial charge on any atom is -0.429 e. The van der Waals surface area contributed by atoms with E-state index in [0.29, 0.717) is 27.8 Å². The number of aryl methyl sites for hydroxylation is 1. The minimum absolute atomic E-state index is 0.0288. The third kappa shape index (κ3) is 6.94. The number of unbranched alkanes of at least 4 members (excludes halogenated alkanes) is 2. The van der Waals surface area contributed by atoms with E-state index in [1.807, 2.05) is 0 Å². The lowest BCUT2D eigenvalue weighted by atomic mass is 9.97. The van der Waals surface area contributed by atoms with Gasteiger partial charge in [0.2, 0.25) is 0 Å². The summed E-state index contributed by atoms with van der Waals surface area (Å²) in [5, 5.41) is 0. The van der Waals surface area contributed by atoms with Gasteiger partial charge in [-0.15, -0.1) is 0 Å². The van der Waals surface area contributed by atoms with Crippen LogP contribution in [0.3, 0.4) is 0 Å². The predicted molar refractivity (Wildman–Crippen MR) is 157 cm³/mol. The molecule has 0 aliphatic rings. The van der Waals surface area contributed by atoms with E-state index in [2.05, 4.69) is 6.92 Å². The fourth-order valence-corrected chi connectivity index (χ4v) is 4.86. The Kier molecular flexibility index (Phi) is 8.90. The number of hydrogen-bond acceptors (Lipinski definition) is 1. The molecule has 7 heteroatoms. The highest BCUT2D eigenvalue weighted by atomic mass is 19.3. The average Bonchev–Trinajstić information content (AvgIpc) is 3.00. The van der Waals surface area contributed by atoms with Crippen molar-refractivity contribution in [1.29, 1.82) is 0 Å². The van der Waals surface area contributed by atoms with E-state index in [1.165, 1.54) is 30.3 Å². The molecule has 0 unspecified atom stereocenters. The van der Waals surface area contributed by atoms with Crippen LogP contribution >= 0.6 is 0 Å². The number of halogens is 6. The maximum absolute atomic E-state index is 15.1. The van der Waals surface area contributed by atoms with E-state index in [9.17, 15) is 22.0 Å². The van der Waals surface area contributed by atoms with Gasteiger partial charge in [-0.1, -0.05) is 80.4 Å². The van der Waals surface area contributed by atoms with E-state index >= 15 is 4.39 Å². The van der Waals surface area contributed by atoms with Crippen LogP contribution in [0.4, 0.5) is 26.3 Å². The maximum atomic E-state index is 15.1. The monoisotopic (exact) mass is 590 g/mol. The van der Waals surface area contributed by atoms with Gasteiger partial charge in [0.25, 0.3) is 0 Å². The van der Waals surface area contributed by atoms with Crippen LogP contribution in [-0.4, -0.2) is 0 Å². The van der Waals surface area contributed by atoms with Gasteiger partial charge in [-0.05, 0) is 88.7 Å². The Labute approximate surface area is 246 Å². The number of hydrogen-bond donors (Lipinski definition) is 0. The average molecular weight is 591 g/mol. The normalized spacial score (nSPS) is 11.5. The lowest BCUT2D eigenvalue weighted by Crippen LogP contribution is -2.21. The molecule has 0 fully saturated rings. The largest absolute Gasteiger partial charge is 0.429 e. The summed E-state index contributed by atoms with van der Waals surface area (Å²) in [5.41, 5.74) is 3.31. The second-order valence-electron chi connectivity index (χ2n) is 10.3. The number of rotatable bonds is 10. The van der Waals surface area contributed by atoms with Gasteiger partial charge in [0.05, 0.1) is 5.56 Å². The summed E-state index contributed by atoms with van der Waals surface area (Å²) in [6.07, 6.45) is 0.522. The van der Waals surface area contributed by atoms with E-state index in [4.69, 9.17) is 4.74 Å². The number of alkyl halides is 2. The molecular weight excluding hydrogens is 562 g/mol. The van der Waals surface area contributed by atoms with Gasteiger partial charge in [0.1, 0.15) is 11.6 Å². The minimum atomic E-state index is -3.52. The predicted octanol–water partition coefficient (Wildman–Crippen LogP) is 11.1. The van der Waals surface area contributed by atoms with Crippen LogP contribution in [0.25, 0.3) is 33.4 Å². The highest BCUT2D eigenvalue weighted by Crippen LogP contribution is 2.34. The Hall–Kier alpha value is -4.52. The highest BCUT2D eigenvalue weighted by molar-refractivity contribution is 5.74. The van der Waals surface area contributed by atoms with Gasteiger partial charge in [-0.25, -0.2) is 17.6 Å². The molecular formula is C36H28F6O. The molecule has 5 aromatic rings. The second kappa shape index (κ2) is 12.8. The summed E-state index contributed by atoms with van der Waals surface area (Å²) in [6, 6.07) is 24.9. The molecule has 5 rings (SSSR count). The van der Waals surface area contributed by atoms with Crippen LogP contribution < -0.4 is 4.74 Å². The molecule has 0 aliphatic heterocycles. The quantitative estimate of drug-likeness (QED) is 0.0893. The molecule has 5 aromatic carbocycles. The third-order valence-electron chi connectivity index (χ3n) is 7.27. The SMILES string of the molecule is CCCCCc1ccc(C(F)(F)Oc2ccc(-c3ccc(-c4ccc(-c5cc(F)c(F)c(F)c5)cc4)c(F)c3)cc2)cc1. The Morgan fingerprint density at radius 3 is 1.70 bits per heavy atom. The first-order valence-electron chi connectivity index (χ1n) is 14.0. The lowest BCUT2D eigenvalue weighted by molar-refractivity contribution is -0.185. The molecule has 0 radical (unpaired) electrons. The maximum Gasteiger partial charge on any atom is 0.426 e. The zero-order chi connectivity index (χ0) is 30.6. The summed E-state index contributed by atoms with van der Waals surface area (Å²) < 4.78 is 90.3. The standard InChI is InChI=1S/C36H28F6O/c1-2-3-4-5-23-6-15-29(16-7-23)36(41,42)43-30-17-12-24(13-18-30)27-14-19-31(32(37)20-27)26-10-8-25(9-11-26)28-21-33(38)35(40)34(39)22-28/h6-22H,2-5H2,1H3. The van der Waals surface area contributed by atoms with E-state index in [0.717, 1.165) is 43.4 Å². The first-order chi connectivity index (χ1) is 20.6. The second-order valence-corrected chi connectivity index (χ2v) is 10.3. The summed E-state index contributed by atoms with van der Waals surface area (Å²) in [6.45, 7) is 2.11. The van der Waals surface area contributed by atoms with E-state index < -0.39 is 29.4 Å². The topological polar surface area (TPSA) is 9.23 Å². The Bertz CT molecular complexity index is 1670. The molecule has 220 valence electrons. The molecule has 0 saturated carbocycles. The van der Waals surface area contributed by atoms with Crippen molar-refractivity contribution in [3.63, 3.8) is 0 Å². The summed E-state index contributed by atoms with van der Waals surface area (Å²) in [7, 11) is 0. The van der Waals surface area contributed by atoms with Crippen molar-refractivity contribution in [2.45, 2.75) is 38.7 Å². The fourth-order valence-electron chi connectivity index (χ4n) is 4.86. The van der Waals surface area contributed by atoms with Crippen LogP contribution in [0.15, 0.2) is 103 Å². The van der Waals surface area contributed by atoms with E-state index in [-0.39, 0.29) is 16.9 Å². The van der Waals surface area contributed by atoms with Crippen molar-refractivity contribution in [3.05, 3.63) is 138 Å². The van der Waals surface area contributed by atoms with Crippen LogP contribution in [-0.2, 0) is 12.5 Å². The molecule has 0 aliphatic carbocycles. The van der Waals surface area contributed by atoms with Crippen LogP contribution in [0, 0.1) is 23.3 Å². The van der Waals surface area contributed by atoms with Gasteiger partial charge in [0.15, 0.2) is 17.5 Å².